The fraction of sp³-hybridized carbons (Fsp3) is 0.917. The summed E-state index contributed by atoms with van der Waals surface area (Å²) in [6.07, 6.45) is 7.17. The fourth-order valence-electron chi connectivity index (χ4n) is 1.61. The zero-order valence-corrected chi connectivity index (χ0v) is 10.7. The molecule has 17 heavy (non-hydrogen) atoms. The number of rotatable bonds is 12. The van der Waals surface area contributed by atoms with Crippen LogP contribution in [0.2, 0.25) is 0 Å². The van der Waals surface area contributed by atoms with Crippen LogP contribution in [0.3, 0.4) is 0 Å². The summed E-state index contributed by atoms with van der Waals surface area (Å²) >= 11 is 0. The van der Waals surface area contributed by atoms with Crippen LogP contribution in [0.5, 0.6) is 0 Å². The van der Waals surface area contributed by atoms with Crippen LogP contribution in [0.1, 0.15) is 44.9 Å². The Morgan fingerprint density at radius 2 is 1.65 bits per heavy atom. The standard InChI is InChI=1S/C12H27N3O2/c13-8-4-1-2-5-9-15-10-6-3-7-11(14)12(16)17/h11,15H,1-10,13-14H2,(H,16,17)/t11-/m0/s1. The third-order valence-electron chi connectivity index (χ3n) is 2.74. The van der Waals surface area contributed by atoms with Crippen molar-refractivity contribution in [3.63, 3.8) is 0 Å². The monoisotopic (exact) mass is 245 g/mol. The summed E-state index contributed by atoms with van der Waals surface area (Å²) in [4.78, 5) is 10.4. The second-order valence-corrected chi connectivity index (χ2v) is 4.39. The first-order valence-electron chi connectivity index (χ1n) is 6.57. The molecule has 6 N–H and O–H groups in total. The van der Waals surface area contributed by atoms with E-state index in [1.807, 2.05) is 0 Å². The number of nitrogens with one attached hydrogen (secondary N) is 1. The molecule has 0 radical (unpaired) electrons. The highest BCUT2D eigenvalue weighted by Crippen LogP contribution is 1.99. The van der Waals surface area contributed by atoms with E-state index in [1.165, 1.54) is 19.3 Å². The highest BCUT2D eigenvalue weighted by molar-refractivity contribution is 5.72. The Morgan fingerprint density at radius 3 is 2.24 bits per heavy atom. The third-order valence-corrected chi connectivity index (χ3v) is 2.74. The van der Waals surface area contributed by atoms with E-state index >= 15 is 0 Å². The number of hydrogen-bond donors (Lipinski definition) is 4. The van der Waals surface area contributed by atoms with Gasteiger partial charge in [-0.1, -0.05) is 19.3 Å². The summed E-state index contributed by atoms with van der Waals surface area (Å²) in [7, 11) is 0. The highest BCUT2D eigenvalue weighted by Gasteiger charge is 2.09. The Kier molecular flexibility index (Phi) is 11.4. The van der Waals surface area contributed by atoms with Crippen molar-refractivity contribution < 1.29 is 9.90 Å². The number of carboxylic acid groups (broad SMARTS) is 1. The number of aliphatic carboxylic acids is 1. The van der Waals surface area contributed by atoms with Gasteiger partial charge in [0.2, 0.25) is 0 Å². The minimum Gasteiger partial charge on any atom is -0.480 e. The summed E-state index contributed by atoms with van der Waals surface area (Å²) in [5.41, 5.74) is 10.8. The highest BCUT2D eigenvalue weighted by atomic mass is 16.4. The van der Waals surface area contributed by atoms with Gasteiger partial charge in [0.15, 0.2) is 0 Å². The molecular weight excluding hydrogens is 218 g/mol. The zero-order chi connectivity index (χ0) is 12.9. The van der Waals surface area contributed by atoms with Crippen molar-refractivity contribution in [3.8, 4) is 0 Å². The molecule has 0 aliphatic heterocycles. The van der Waals surface area contributed by atoms with Gasteiger partial charge in [-0.05, 0) is 45.3 Å². The molecule has 5 heteroatoms. The normalized spacial score (nSPS) is 12.6. The fourth-order valence-corrected chi connectivity index (χ4v) is 1.61. The van der Waals surface area contributed by atoms with E-state index < -0.39 is 12.0 Å². The van der Waals surface area contributed by atoms with Crippen LogP contribution in [-0.4, -0.2) is 36.8 Å². The largest absolute Gasteiger partial charge is 0.480 e. The van der Waals surface area contributed by atoms with E-state index in [2.05, 4.69) is 5.32 Å². The molecule has 0 rings (SSSR count). The maximum atomic E-state index is 10.4. The Hall–Kier alpha value is -0.650. The maximum Gasteiger partial charge on any atom is 0.320 e. The van der Waals surface area contributed by atoms with Gasteiger partial charge in [0.25, 0.3) is 0 Å². The summed E-state index contributed by atoms with van der Waals surface area (Å²) < 4.78 is 0. The average Bonchev–Trinajstić information content (AvgIpc) is 2.31. The van der Waals surface area contributed by atoms with Crippen molar-refractivity contribution in [2.45, 2.75) is 51.0 Å². The van der Waals surface area contributed by atoms with E-state index in [0.717, 1.165) is 38.9 Å². The first kappa shape index (κ1) is 16.4. The van der Waals surface area contributed by atoms with Gasteiger partial charge in [0.05, 0.1) is 0 Å². The van der Waals surface area contributed by atoms with Gasteiger partial charge < -0.3 is 21.9 Å². The van der Waals surface area contributed by atoms with Crippen molar-refractivity contribution in [3.05, 3.63) is 0 Å². The lowest BCUT2D eigenvalue weighted by Gasteiger charge is -2.07. The predicted octanol–water partition coefficient (Wildman–Crippen LogP) is 0.677. The molecule has 0 saturated heterocycles. The van der Waals surface area contributed by atoms with Crippen molar-refractivity contribution in [2.24, 2.45) is 11.5 Å². The number of nitrogens with two attached hydrogens (primary N) is 2. The van der Waals surface area contributed by atoms with Crippen LogP contribution in [-0.2, 0) is 4.79 Å². The van der Waals surface area contributed by atoms with E-state index in [9.17, 15) is 4.79 Å². The van der Waals surface area contributed by atoms with Gasteiger partial charge in [-0.2, -0.15) is 0 Å². The molecule has 0 unspecified atom stereocenters. The predicted molar refractivity (Wildman–Crippen MR) is 69.9 cm³/mol. The summed E-state index contributed by atoms with van der Waals surface area (Å²) in [6.45, 7) is 2.77. The van der Waals surface area contributed by atoms with Crippen LogP contribution >= 0.6 is 0 Å². The first-order chi connectivity index (χ1) is 8.18. The lowest BCUT2D eigenvalue weighted by atomic mass is 10.1. The first-order valence-corrected chi connectivity index (χ1v) is 6.57. The van der Waals surface area contributed by atoms with Crippen LogP contribution in [0, 0.1) is 0 Å². The molecule has 0 bridgehead atoms. The van der Waals surface area contributed by atoms with Gasteiger partial charge >= 0.3 is 5.97 Å². The van der Waals surface area contributed by atoms with Crippen molar-refractivity contribution >= 4 is 5.97 Å². The van der Waals surface area contributed by atoms with Crippen molar-refractivity contribution in [1.29, 1.82) is 0 Å². The molecule has 0 aliphatic carbocycles. The van der Waals surface area contributed by atoms with Gasteiger partial charge in [-0.25, -0.2) is 0 Å². The molecule has 0 aromatic heterocycles. The molecule has 0 aromatic carbocycles. The van der Waals surface area contributed by atoms with Crippen LogP contribution in [0.25, 0.3) is 0 Å². The Morgan fingerprint density at radius 1 is 1.06 bits per heavy atom. The molecule has 5 nitrogen and oxygen atoms in total. The number of carboxylic acids is 1. The van der Waals surface area contributed by atoms with E-state index in [4.69, 9.17) is 16.6 Å². The number of carbonyl (C=O) groups is 1. The third kappa shape index (κ3) is 11.6. The summed E-state index contributed by atoms with van der Waals surface area (Å²) in [5.74, 6) is -0.905. The Labute approximate surface area is 104 Å². The van der Waals surface area contributed by atoms with Gasteiger partial charge in [0.1, 0.15) is 6.04 Å². The molecule has 0 amide bonds. The molecule has 0 aliphatic rings. The number of unbranched alkanes of at least 4 members (excludes halogenated alkanes) is 4. The molecular formula is C12H27N3O2. The summed E-state index contributed by atoms with van der Waals surface area (Å²) in [6, 6.07) is -0.703. The molecule has 0 heterocycles. The minimum atomic E-state index is -0.905. The zero-order valence-electron chi connectivity index (χ0n) is 10.7. The molecule has 0 fully saturated rings. The van der Waals surface area contributed by atoms with Gasteiger partial charge in [0, 0.05) is 0 Å². The Bertz CT molecular complexity index is 189. The number of hydrogen-bond acceptors (Lipinski definition) is 4. The smallest absolute Gasteiger partial charge is 0.320 e. The van der Waals surface area contributed by atoms with Crippen LogP contribution in [0.15, 0.2) is 0 Å². The van der Waals surface area contributed by atoms with E-state index in [-0.39, 0.29) is 0 Å². The average molecular weight is 245 g/mol. The second kappa shape index (κ2) is 11.8. The topological polar surface area (TPSA) is 101 Å². The second-order valence-electron chi connectivity index (χ2n) is 4.39. The van der Waals surface area contributed by atoms with Crippen LogP contribution in [0.4, 0.5) is 0 Å². The lowest BCUT2D eigenvalue weighted by Crippen LogP contribution is -2.30. The Balaban J connectivity index is 3.06. The van der Waals surface area contributed by atoms with Gasteiger partial charge in [-0.15, -0.1) is 0 Å². The molecule has 0 saturated carbocycles. The van der Waals surface area contributed by atoms with Crippen molar-refractivity contribution in [1.82, 2.24) is 5.32 Å². The quantitative estimate of drug-likeness (QED) is 0.379. The van der Waals surface area contributed by atoms with E-state index in [0.29, 0.717) is 6.42 Å². The van der Waals surface area contributed by atoms with E-state index in [1.54, 1.807) is 0 Å². The minimum absolute atomic E-state index is 0.563. The summed E-state index contributed by atoms with van der Waals surface area (Å²) in [5, 5.41) is 11.9. The molecule has 0 aromatic rings. The lowest BCUT2D eigenvalue weighted by molar-refractivity contribution is -0.138. The van der Waals surface area contributed by atoms with Crippen molar-refractivity contribution in [2.75, 3.05) is 19.6 Å². The van der Waals surface area contributed by atoms with Gasteiger partial charge in [-0.3, -0.25) is 4.79 Å². The van der Waals surface area contributed by atoms with Crippen LogP contribution < -0.4 is 16.8 Å². The molecule has 102 valence electrons. The molecule has 0 spiro atoms. The maximum absolute atomic E-state index is 10.4. The SMILES string of the molecule is NCCCCCCNCCCC[C@H](N)C(=O)O. The molecule has 1 atom stereocenters.